The van der Waals surface area contributed by atoms with Crippen LogP contribution >= 0.6 is 0 Å². The Labute approximate surface area is 110 Å². The van der Waals surface area contributed by atoms with Gasteiger partial charge in [-0.1, -0.05) is 0 Å². The maximum atomic E-state index is 14.0. The minimum absolute atomic E-state index is 0.0596. The highest BCUT2D eigenvalue weighted by atomic mass is 32.2. The molecule has 19 heavy (non-hydrogen) atoms. The van der Waals surface area contributed by atoms with Crippen LogP contribution < -0.4 is 9.47 Å². The lowest BCUT2D eigenvalue weighted by molar-refractivity contribution is 0.145. The maximum Gasteiger partial charge on any atom is 0.182 e. The molecule has 0 unspecified atom stereocenters. The molecule has 2 rings (SSSR count). The number of ether oxygens (including phenoxy) is 2. The van der Waals surface area contributed by atoms with E-state index in [1.54, 1.807) is 0 Å². The third kappa shape index (κ3) is 2.28. The fourth-order valence-electron chi connectivity index (χ4n) is 2.06. The predicted octanol–water partition coefficient (Wildman–Crippen LogP) is 1.23. The molecule has 0 amide bonds. The van der Waals surface area contributed by atoms with Crippen molar-refractivity contribution in [3.8, 4) is 11.5 Å². The second-order valence-corrected chi connectivity index (χ2v) is 6.56. The van der Waals surface area contributed by atoms with Crippen molar-refractivity contribution in [1.82, 2.24) is 0 Å². The molecule has 1 aliphatic rings. The van der Waals surface area contributed by atoms with Gasteiger partial charge in [0.2, 0.25) is 0 Å². The molecule has 0 radical (unpaired) electrons. The lowest BCUT2D eigenvalue weighted by Gasteiger charge is -2.19. The Morgan fingerprint density at radius 3 is 2.16 bits per heavy atom. The molecule has 0 aliphatic heterocycles. The quantitative estimate of drug-likeness (QED) is 0.903. The molecule has 1 saturated carbocycles. The van der Waals surface area contributed by atoms with Crippen LogP contribution in [0.3, 0.4) is 0 Å². The van der Waals surface area contributed by atoms with Gasteiger partial charge in [0, 0.05) is 11.8 Å². The normalized spacial score (nSPS) is 17.1. The summed E-state index contributed by atoms with van der Waals surface area (Å²) >= 11 is 0. The average Bonchev–Trinajstić information content (AvgIpc) is 3.05. The number of aliphatic hydroxyl groups is 1. The van der Waals surface area contributed by atoms with Gasteiger partial charge in [0.05, 0.1) is 19.8 Å². The molecule has 7 heteroatoms. The molecule has 106 valence electrons. The summed E-state index contributed by atoms with van der Waals surface area (Å²) in [5.74, 6) is -1.10. The van der Waals surface area contributed by atoms with Crippen molar-refractivity contribution in [3.63, 3.8) is 0 Å². The summed E-state index contributed by atoms with van der Waals surface area (Å²) < 4.78 is 47.4. The van der Waals surface area contributed by atoms with Crippen molar-refractivity contribution < 1.29 is 27.4 Å². The molecular formula is C12H15FO5S. The molecule has 0 spiro atoms. The van der Waals surface area contributed by atoms with Crippen molar-refractivity contribution >= 4 is 9.84 Å². The average molecular weight is 290 g/mol. The van der Waals surface area contributed by atoms with E-state index in [0.29, 0.717) is 12.8 Å². The van der Waals surface area contributed by atoms with Crippen LogP contribution in [0.25, 0.3) is 0 Å². The summed E-state index contributed by atoms with van der Waals surface area (Å²) in [6.45, 7) is 0. The van der Waals surface area contributed by atoms with E-state index in [2.05, 4.69) is 0 Å². The first-order chi connectivity index (χ1) is 8.74. The van der Waals surface area contributed by atoms with Crippen molar-refractivity contribution in [1.29, 1.82) is 0 Å². The Bertz CT molecular complexity index is 619. The number of hydrogen-bond donors (Lipinski definition) is 1. The van der Waals surface area contributed by atoms with Gasteiger partial charge in [0.15, 0.2) is 21.3 Å². The third-order valence-corrected chi connectivity index (χ3v) is 4.27. The van der Waals surface area contributed by atoms with Gasteiger partial charge >= 0.3 is 0 Å². The van der Waals surface area contributed by atoms with Crippen molar-refractivity contribution in [2.24, 2.45) is 0 Å². The highest BCUT2D eigenvalue weighted by molar-refractivity contribution is 7.90. The first kappa shape index (κ1) is 14.1. The summed E-state index contributed by atoms with van der Waals surface area (Å²) in [5.41, 5.74) is -0.938. The topological polar surface area (TPSA) is 72.8 Å². The Morgan fingerprint density at radius 2 is 1.79 bits per heavy atom. The number of sulfone groups is 1. The van der Waals surface area contributed by atoms with Crippen molar-refractivity contribution in [2.45, 2.75) is 23.3 Å². The van der Waals surface area contributed by atoms with E-state index in [1.165, 1.54) is 14.2 Å². The van der Waals surface area contributed by atoms with Crippen LogP contribution in [0.4, 0.5) is 4.39 Å². The number of methoxy groups -OCH3 is 2. The van der Waals surface area contributed by atoms with Crippen LogP contribution in [0.5, 0.6) is 11.5 Å². The monoisotopic (exact) mass is 290 g/mol. The summed E-state index contributed by atoms with van der Waals surface area (Å²) in [6, 6.07) is 1.00. The minimum Gasteiger partial charge on any atom is -0.492 e. The van der Waals surface area contributed by atoms with E-state index in [0.717, 1.165) is 12.3 Å². The van der Waals surface area contributed by atoms with E-state index in [-0.39, 0.29) is 17.1 Å². The van der Waals surface area contributed by atoms with Crippen LogP contribution in [-0.4, -0.2) is 34.0 Å². The molecule has 0 heterocycles. The van der Waals surface area contributed by atoms with Gasteiger partial charge < -0.3 is 14.6 Å². The number of benzene rings is 1. The molecule has 1 aromatic carbocycles. The van der Waals surface area contributed by atoms with Gasteiger partial charge in [-0.3, -0.25) is 0 Å². The van der Waals surface area contributed by atoms with Crippen LogP contribution in [0.2, 0.25) is 0 Å². The Kier molecular flexibility index (Phi) is 3.22. The molecule has 1 fully saturated rings. The zero-order chi connectivity index (χ0) is 14.4. The van der Waals surface area contributed by atoms with E-state index in [1.807, 2.05) is 0 Å². The first-order valence-corrected chi connectivity index (χ1v) is 7.51. The van der Waals surface area contributed by atoms with Crippen LogP contribution in [0.15, 0.2) is 11.0 Å². The van der Waals surface area contributed by atoms with Crippen LogP contribution in [0.1, 0.15) is 18.4 Å². The second-order valence-electron chi connectivity index (χ2n) is 4.61. The minimum atomic E-state index is -3.81. The highest BCUT2D eigenvalue weighted by Gasteiger charge is 2.46. The zero-order valence-corrected chi connectivity index (χ0v) is 11.7. The first-order valence-electron chi connectivity index (χ1n) is 5.62. The summed E-state index contributed by atoms with van der Waals surface area (Å²) in [6.07, 6.45) is 1.84. The second kappa shape index (κ2) is 4.35. The molecule has 0 saturated heterocycles. The highest BCUT2D eigenvalue weighted by Crippen LogP contribution is 2.52. The van der Waals surface area contributed by atoms with Crippen molar-refractivity contribution in [2.75, 3.05) is 20.5 Å². The Balaban J connectivity index is 2.80. The Hall–Kier alpha value is -1.34. The van der Waals surface area contributed by atoms with Gasteiger partial charge in [-0.2, -0.15) is 0 Å². The van der Waals surface area contributed by atoms with Gasteiger partial charge in [-0.15, -0.1) is 0 Å². The van der Waals surface area contributed by atoms with Gasteiger partial charge in [0.25, 0.3) is 0 Å². The molecule has 0 bridgehead atoms. The van der Waals surface area contributed by atoms with E-state index < -0.39 is 26.2 Å². The standard InChI is InChI=1S/C12H15FO5S/c1-17-9-7(12(14)4-5-12)6-8(13)11(10(9)18-2)19(3,15)16/h6,14H,4-5H2,1-3H3. The number of hydrogen-bond acceptors (Lipinski definition) is 5. The number of rotatable bonds is 4. The molecular weight excluding hydrogens is 275 g/mol. The van der Waals surface area contributed by atoms with Gasteiger partial charge in [-0.05, 0) is 18.9 Å². The zero-order valence-electron chi connectivity index (χ0n) is 10.9. The SMILES string of the molecule is COc1c(C2(O)CC2)cc(F)c(S(C)(=O)=O)c1OC. The molecule has 1 aliphatic carbocycles. The maximum absolute atomic E-state index is 14.0. The largest absolute Gasteiger partial charge is 0.492 e. The van der Waals surface area contributed by atoms with Crippen LogP contribution in [-0.2, 0) is 15.4 Å². The summed E-state index contributed by atoms with van der Waals surface area (Å²) in [4.78, 5) is -0.556. The number of halogens is 1. The fraction of sp³-hybridized carbons (Fsp3) is 0.500. The third-order valence-electron chi connectivity index (χ3n) is 3.15. The van der Waals surface area contributed by atoms with Gasteiger partial charge in [0.1, 0.15) is 10.7 Å². The predicted molar refractivity (Wildman–Crippen MR) is 65.7 cm³/mol. The summed E-state index contributed by atoms with van der Waals surface area (Å²) in [7, 11) is -1.27. The molecule has 0 atom stereocenters. The molecule has 1 N–H and O–H groups in total. The Morgan fingerprint density at radius 1 is 1.26 bits per heavy atom. The van der Waals surface area contributed by atoms with Gasteiger partial charge in [-0.25, -0.2) is 12.8 Å². The smallest absolute Gasteiger partial charge is 0.182 e. The molecule has 5 nitrogen and oxygen atoms in total. The van der Waals surface area contributed by atoms with E-state index in [9.17, 15) is 17.9 Å². The molecule has 1 aromatic rings. The van der Waals surface area contributed by atoms with E-state index in [4.69, 9.17) is 9.47 Å². The lowest BCUT2D eigenvalue weighted by Crippen LogP contribution is -2.12. The van der Waals surface area contributed by atoms with E-state index >= 15 is 0 Å². The van der Waals surface area contributed by atoms with Crippen LogP contribution in [0, 0.1) is 5.82 Å². The molecule has 0 aromatic heterocycles. The lowest BCUT2D eigenvalue weighted by atomic mass is 10.1. The van der Waals surface area contributed by atoms with Crippen molar-refractivity contribution in [3.05, 3.63) is 17.4 Å². The fourth-order valence-corrected chi connectivity index (χ4v) is 2.98. The summed E-state index contributed by atoms with van der Waals surface area (Å²) in [5, 5.41) is 10.1.